The van der Waals surface area contributed by atoms with Crippen LogP contribution in [0.15, 0.2) is 22.8 Å². The first-order valence-corrected chi connectivity index (χ1v) is 7.11. The van der Waals surface area contributed by atoms with Gasteiger partial charge in [0, 0.05) is 31.2 Å². The molecule has 0 saturated carbocycles. The van der Waals surface area contributed by atoms with Crippen molar-refractivity contribution in [2.75, 3.05) is 13.2 Å². The molecule has 0 radical (unpaired) electrons. The number of hydrogen-bond acceptors (Lipinski definition) is 3. The maximum Gasteiger partial charge on any atom is 0.267 e. The molecule has 0 spiro atoms. The van der Waals surface area contributed by atoms with Crippen LogP contribution in [-0.4, -0.2) is 30.1 Å². The predicted octanol–water partition coefficient (Wildman–Crippen LogP) is 2.55. The van der Waals surface area contributed by atoms with Crippen LogP contribution in [0.3, 0.4) is 0 Å². The first kappa shape index (κ1) is 13.2. The molecule has 2 N–H and O–H groups in total. The van der Waals surface area contributed by atoms with Crippen molar-refractivity contribution in [2.45, 2.75) is 26.4 Å². The van der Waals surface area contributed by atoms with Crippen LogP contribution in [0, 0.1) is 11.8 Å². The standard InChI is InChI=1S/C15H20N2O3/c1-9(2)14-10(3-5-20-14)8-16-15(18)12-7-13-11(17-12)4-6-19-13/h4,6-7,9-10,14,17H,3,5,8H2,1-2H3,(H,16,18)/t10-,14-/m1/s1. The highest BCUT2D eigenvalue weighted by atomic mass is 16.5. The molecule has 2 atom stereocenters. The highest BCUT2D eigenvalue weighted by Gasteiger charge is 2.30. The summed E-state index contributed by atoms with van der Waals surface area (Å²) >= 11 is 0. The minimum atomic E-state index is -0.0918. The second-order valence-electron chi connectivity index (χ2n) is 5.72. The fourth-order valence-corrected chi connectivity index (χ4v) is 2.90. The Labute approximate surface area is 117 Å². The molecule has 5 nitrogen and oxygen atoms in total. The molecule has 3 heterocycles. The number of aromatic nitrogens is 1. The van der Waals surface area contributed by atoms with Gasteiger partial charge >= 0.3 is 0 Å². The number of H-pyrrole nitrogens is 1. The van der Waals surface area contributed by atoms with Crippen molar-refractivity contribution in [3.8, 4) is 0 Å². The number of fused-ring (bicyclic) bond motifs is 1. The molecule has 0 aromatic carbocycles. The van der Waals surface area contributed by atoms with E-state index in [4.69, 9.17) is 9.15 Å². The Balaban J connectivity index is 1.60. The third-order valence-corrected chi connectivity index (χ3v) is 3.93. The summed E-state index contributed by atoms with van der Waals surface area (Å²) in [6.45, 7) is 5.76. The zero-order valence-electron chi connectivity index (χ0n) is 11.8. The first-order chi connectivity index (χ1) is 9.65. The van der Waals surface area contributed by atoms with Gasteiger partial charge in [-0.3, -0.25) is 4.79 Å². The Morgan fingerprint density at radius 1 is 1.55 bits per heavy atom. The molecule has 0 aliphatic carbocycles. The largest absolute Gasteiger partial charge is 0.463 e. The van der Waals surface area contributed by atoms with E-state index >= 15 is 0 Å². The molecule has 108 valence electrons. The zero-order chi connectivity index (χ0) is 14.1. The summed E-state index contributed by atoms with van der Waals surface area (Å²) in [5.74, 6) is 0.787. The topological polar surface area (TPSA) is 67.3 Å². The molecular formula is C15H20N2O3. The third kappa shape index (κ3) is 2.45. The summed E-state index contributed by atoms with van der Waals surface area (Å²) in [4.78, 5) is 15.2. The summed E-state index contributed by atoms with van der Waals surface area (Å²) in [5, 5.41) is 2.98. The molecule has 1 fully saturated rings. The van der Waals surface area contributed by atoms with Crippen molar-refractivity contribution < 1.29 is 13.9 Å². The van der Waals surface area contributed by atoms with Crippen molar-refractivity contribution in [3.63, 3.8) is 0 Å². The van der Waals surface area contributed by atoms with E-state index in [2.05, 4.69) is 24.1 Å². The maximum atomic E-state index is 12.1. The fraction of sp³-hybridized carbons (Fsp3) is 0.533. The van der Waals surface area contributed by atoms with Gasteiger partial charge in [-0.15, -0.1) is 0 Å². The molecule has 3 rings (SSSR count). The Morgan fingerprint density at radius 2 is 2.40 bits per heavy atom. The molecule has 20 heavy (non-hydrogen) atoms. The molecule has 2 aromatic rings. The SMILES string of the molecule is CC(C)[C@H]1OCC[C@@H]1CNC(=O)c1cc2occc2[nH]1. The van der Waals surface area contributed by atoms with Crippen molar-refractivity contribution >= 4 is 17.0 Å². The van der Waals surface area contributed by atoms with Gasteiger partial charge in [-0.25, -0.2) is 0 Å². The van der Waals surface area contributed by atoms with E-state index in [9.17, 15) is 4.79 Å². The van der Waals surface area contributed by atoms with Gasteiger partial charge in [-0.05, 0) is 12.3 Å². The summed E-state index contributed by atoms with van der Waals surface area (Å²) in [6, 6.07) is 3.54. The lowest BCUT2D eigenvalue weighted by Crippen LogP contribution is -2.35. The van der Waals surface area contributed by atoms with Gasteiger partial charge in [0.2, 0.25) is 0 Å². The predicted molar refractivity (Wildman–Crippen MR) is 75.6 cm³/mol. The molecule has 1 amide bonds. The highest BCUT2D eigenvalue weighted by molar-refractivity contribution is 5.96. The molecular weight excluding hydrogens is 256 g/mol. The van der Waals surface area contributed by atoms with Crippen LogP contribution in [-0.2, 0) is 4.74 Å². The monoisotopic (exact) mass is 276 g/mol. The minimum absolute atomic E-state index is 0.0918. The molecule has 5 heteroatoms. The van der Waals surface area contributed by atoms with Crippen molar-refractivity contribution in [3.05, 3.63) is 24.1 Å². The normalized spacial score (nSPS) is 22.8. The van der Waals surface area contributed by atoms with Crippen LogP contribution < -0.4 is 5.32 Å². The molecule has 2 aromatic heterocycles. The quantitative estimate of drug-likeness (QED) is 0.901. The lowest BCUT2D eigenvalue weighted by Gasteiger charge is -2.22. The second-order valence-corrected chi connectivity index (χ2v) is 5.72. The third-order valence-electron chi connectivity index (χ3n) is 3.93. The first-order valence-electron chi connectivity index (χ1n) is 7.11. The Hall–Kier alpha value is -1.75. The van der Waals surface area contributed by atoms with E-state index in [0.29, 0.717) is 29.7 Å². The van der Waals surface area contributed by atoms with Gasteiger partial charge in [0.25, 0.3) is 5.91 Å². The zero-order valence-corrected chi connectivity index (χ0v) is 11.8. The highest BCUT2D eigenvalue weighted by Crippen LogP contribution is 2.26. The second kappa shape index (κ2) is 5.32. The summed E-state index contributed by atoms with van der Waals surface area (Å²) in [7, 11) is 0. The van der Waals surface area contributed by atoms with Gasteiger partial charge in [-0.1, -0.05) is 13.8 Å². The number of ether oxygens (including phenoxy) is 1. The Morgan fingerprint density at radius 3 is 3.15 bits per heavy atom. The Bertz CT molecular complexity index is 571. The number of rotatable bonds is 4. The van der Waals surface area contributed by atoms with Gasteiger partial charge in [0.15, 0.2) is 5.58 Å². The van der Waals surface area contributed by atoms with Crippen molar-refractivity contribution in [1.29, 1.82) is 0 Å². The number of nitrogens with one attached hydrogen (secondary N) is 2. The molecule has 0 bridgehead atoms. The lowest BCUT2D eigenvalue weighted by molar-refractivity contribution is 0.0533. The number of carbonyl (C=O) groups is 1. The van der Waals surface area contributed by atoms with Crippen molar-refractivity contribution in [2.24, 2.45) is 11.8 Å². The van der Waals surface area contributed by atoms with Gasteiger partial charge in [-0.2, -0.15) is 0 Å². The van der Waals surface area contributed by atoms with E-state index in [1.165, 1.54) is 0 Å². The van der Waals surface area contributed by atoms with E-state index in [0.717, 1.165) is 18.5 Å². The van der Waals surface area contributed by atoms with Crippen LogP contribution in [0.25, 0.3) is 11.1 Å². The average molecular weight is 276 g/mol. The average Bonchev–Trinajstić information content (AvgIpc) is 3.09. The van der Waals surface area contributed by atoms with Crippen LogP contribution in [0.2, 0.25) is 0 Å². The molecule has 1 aliphatic heterocycles. The smallest absolute Gasteiger partial charge is 0.267 e. The minimum Gasteiger partial charge on any atom is -0.463 e. The van der Waals surface area contributed by atoms with Crippen molar-refractivity contribution in [1.82, 2.24) is 10.3 Å². The lowest BCUT2D eigenvalue weighted by atomic mass is 9.93. The maximum absolute atomic E-state index is 12.1. The van der Waals surface area contributed by atoms with Gasteiger partial charge in [0.1, 0.15) is 5.69 Å². The fourth-order valence-electron chi connectivity index (χ4n) is 2.90. The number of carbonyl (C=O) groups excluding carboxylic acids is 1. The summed E-state index contributed by atoms with van der Waals surface area (Å²) < 4.78 is 11.0. The number of furan rings is 1. The van der Waals surface area contributed by atoms with Crippen LogP contribution in [0.1, 0.15) is 30.8 Å². The Kier molecular flexibility index (Phi) is 3.53. The van der Waals surface area contributed by atoms with E-state index in [1.54, 1.807) is 12.3 Å². The van der Waals surface area contributed by atoms with Gasteiger partial charge < -0.3 is 19.5 Å². The van der Waals surface area contributed by atoms with E-state index < -0.39 is 0 Å². The number of amides is 1. The van der Waals surface area contributed by atoms with Gasteiger partial charge in [0.05, 0.1) is 17.9 Å². The number of hydrogen-bond donors (Lipinski definition) is 2. The van der Waals surface area contributed by atoms with Crippen LogP contribution >= 0.6 is 0 Å². The summed E-state index contributed by atoms with van der Waals surface area (Å²) in [5.41, 5.74) is 2.10. The van der Waals surface area contributed by atoms with E-state index in [-0.39, 0.29) is 12.0 Å². The van der Waals surface area contributed by atoms with E-state index in [1.807, 2.05) is 6.07 Å². The van der Waals surface area contributed by atoms with Crippen LogP contribution in [0.5, 0.6) is 0 Å². The summed E-state index contributed by atoms with van der Waals surface area (Å²) in [6.07, 6.45) is 2.86. The molecule has 1 aliphatic rings. The van der Waals surface area contributed by atoms with Crippen LogP contribution in [0.4, 0.5) is 0 Å². The molecule has 1 saturated heterocycles. The molecule has 0 unspecified atom stereocenters. The number of aromatic amines is 1.